The molecule has 1 fully saturated rings. The summed E-state index contributed by atoms with van der Waals surface area (Å²) >= 11 is 0. The fraction of sp³-hybridized carbons (Fsp3) is 0.846. The number of aliphatic hydroxyl groups is 3. The maximum atomic E-state index is 10.3. The van der Waals surface area contributed by atoms with Gasteiger partial charge < -0.3 is 25.2 Å². The molecule has 0 aliphatic carbocycles. The average molecular weight is 296 g/mol. The van der Waals surface area contributed by atoms with Gasteiger partial charge in [0.05, 0.1) is 37.8 Å². The van der Waals surface area contributed by atoms with Crippen molar-refractivity contribution in [1.82, 2.24) is 0 Å². The second-order valence-electron chi connectivity index (χ2n) is 4.20. The summed E-state index contributed by atoms with van der Waals surface area (Å²) in [4.78, 5) is 20.2. The van der Waals surface area contributed by atoms with Gasteiger partial charge in [0.15, 0.2) is 0 Å². The predicted octanol–water partition coefficient (Wildman–Crippen LogP) is 0.549. The van der Waals surface area contributed by atoms with E-state index in [1.807, 2.05) is 0 Å². The molecule has 0 saturated carbocycles. The van der Waals surface area contributed by atoms with Gasteiger partial charge in [-0.05, 0) is 13.3 Å². The van der Waals surface area contributed by atoms with Crippen molar-refractivity contribution in [1.29, 1.82) is 0 Å². The Morgan fingerprint density at radius 1 is 1.40 bits per heavy atom. The Morgan fingerprint density at radius 2 is 1.95 bits per heavy atom. The molecule has 1 rings (SSSR count). The Balaban J connectivity index is -0.000000266. The second kappa shape index (κ2) is 12.8. The Labute approximate surface area is 120 Å². The molecule has 4 N–H and O–H groups in total. The normalized spacial score (nSPS) is 20.0. The number of ether oxygens (including phenoxy) is 1. The van der Waals surface area contributed by atoms with Crippen molar-refractivity contribution in [3.8, 4) is 0 Å². The van der Waals surface area contributed by atoms with Gasteiger partial charge in [-0.15, -0.1) is 0 Å². The largest absolute Gasteiger partial charge is 0.481 e. The van der Waals surface area contributed by atoms with Crippen LogP contribution in [0.3, 0.4) is 0 Å². The molecule has 20 heavy (non-hydrogen) atoms. The minimum atomic E-state index is -1.05. The number of carboxylic acids is 1. The van der Waals surface area contributed by atoms with E-state index in [2.05, 4.69) is 4.74 Å². The monoisotopic (exact) mass is 296 g/mol. The molecule has 0 unspecified atom stereocenters. The van der Waals surface area contributed by atoms with Crippen molar-refractivity contribution in [2.45, 2.75) is 65.8 Å². The molecule has 0 aromatic rings. The summed E-state index contributed by atoms with van der Waals surface area (Å²) in [6, 6.07) is 0. The summed E-state index contributed by atoms with van der Waals surface area (Å²) < 4.78 is 4.55. The molecule has 0 aromatic carbocycles. The highest BCUT2D eigenvalue weighted by Gasteiger charge is 2.17. The highest BCUT2D eigenvalue weighted by molar-refractivity contribution is 5.70. The van der Waals surface area contributed by atoms with Crippen molar-refractivity contribution >= 4 is 11.9 Å². The molecule has 0 spiro atoms. The van der Waals surface area contributed by atoms with Gasteiger partial charge in [0.25, 0.3) is 0 Å². The van der Waals surface area contributed by atoms with Crippen LogP contribution in [0.15, 0.2) is 0 Å². The number of rotatable bonds is 4. The summed E-state index contributed by atoms with van der Waals surface area (Å²) in [6.07, 6.45) is -1.47. The van der Waals surface area contributed by atoms with Gasteiger partial charge in [-0.3, -0.25) is 9.59 Å². The van der Waals surface area contributed by atoms with Crippen LogP contribution in [0.2, 0.25) is 0 Å². The highest BCUT2D eigenvalue weighted by atomic mass is 16.5. The summed E-state index contributed by atoms with van der Waals surface area (Å²) in [6.45, 7) is 1.88. The lowest BCUT2D eigenvalue weighted by atomic mass is 10.1. The van der Waals surface area contributed by atoms with Gasteiger partial charge in [0.2, 0.25) is 0 Å². The number of hydrogen-bond acceptors (Lipinski definition) is 6. The van der Waals surface area contributed by atoms with Crippen molar-refractivity contribution in [3.63, 3.8) is 0 Å². The van der Waals surface area contributed by atoms with Crippen LogP contribution in [0.25, 0.3) is 0 Å². The molecule has 0 aromatic heterocycles. The first-order valence-corrected chi connectivity index (χ1v) is 5.72. The lowest BCUT2D eigenvalue weighted by Gasteiger charge is -2.15. The molecule has 0 bridgehead atoms. The van der Waals surface area contributed by atoms with Crippen LogP contribution in [0.1, 0.15) is 47.5 Å². The molecule has 1 heterocycles. The maximum absolute atomic E-state index is 10.3. The van der Waals surface area contributed by atoms with Crippen LogP contribution in [-0.2, 0) is 14.3 Å². The highest BCUT2D eigenvalue weighted by Crippen LogP contribution is 2.06. The van der Waals surface area contributed by atoms with Crippen LogP contribution >= 0.6 is 0 Å². The van der Waals surface area contributed by atoms with E-state index in [4.69, 9.17) is 20.4 Å². The number of aliphatic hydroxyl groups excluding tert-OH is 3. The van der Waals surface area contributed by atoms with Gasteiger partial charge in [0.1, 0.15) is 0 Å². The van der Waals surface area contributed by atoms with E-state index in [9.17, 15) is 9.59 Å². The van der Waals surface area contributed by atoms with Crippen LogP contribution in [0.4, 0.5) is 0 Å². The third-order valence-corrected chi connectivity index (χ3v) is 2.14. The predicted molar refractivity (Wildman–Crippen MR) is 74.2 cm³/mol. The number of carbonyl (C=O) groups excluding carboxylic acids is 1. The summed E-state index contributed by atoms with van der Waals surface area (Å²) in [5.41, 5.74) is 0. The first kappa shape index (κ1) is 23.9. The molecule has 0 radical (unpaired) electrons. The maximum Gasteiger partial charge on any atom is 0.308 e. The molecule has 1 aliphatic heterocycles. The third kappa shape index (κ3) is 14.9. The van der Waals surface area contributed by atoms with E-state index in [-0.39, 0.29) is 40.1 Å². The number of carboxylic acid groups (broad SMARTS) is 1. The zero-order valence-corrected chi connectivity index (χ0v) is 10.3. The van der Waals surface area contributed by atoms with Crippen LogP contribution in [0, 0.1) is 0 Å². The van der Waals surface area contributed by atoms with Crippen molar-refractivity contribution < 1.29 is 34.8 Å². The van der Waals surface area contributed by atoms with Gasteiger partial charge in [0, 0.05) is 6.42 Å². The number of hydrogen-bond donors (Lipinski definition) is 4. The number of cyclic esters (lactones) is 1. The average Bonchev–Trinajstić information content (AvgIpc) is 2.14. The van der Waals surface area contributed by atoms with Crippen molar-refractivity contribution in [2.24, 2.45) is 0 Å². The lowest BCUT2D eigenvalue weighted by Crippen LogP contribution is -2.24. The molecule has 7 heteroatoms. The Morgan fingerprint density at radius 3 is 2.25 bits per heavy atom. The Hall–Kier alpha value is -1.18. The molecule has 3 atom stereocenters. The van der Waals surface area contributed by atoms with Crippen LogP contribution < -0.4 is 0 Å². The van der Waals surface area contributed by atoms with Gasteiger partial charge in [-0.2, -0.15) is 0 Å². The first-order valence-electron chi connectivity index (χ1n) is 5.72. The molecule has 122 valence electrons. The molecule has 1 saturated heterocycles. The standard InChI is InChI=1S/C6H12O4.C5H8O3.2CH4/c1-4(7)2-5(8)3-6(9)10;6-4-1-2-8-5(7)3-4;;/h4-5,7-8H,2-3H2,1H3,(H,9,10);4,6H,1-3H2;2*1H4/t4-,5-;4-;;/m11../s1. The van der Waals surface area contributed by atoms with E-state index >= 15 is 0 Å². The van der Waals surface area contributed by atoms with E-state index in [1.165, 1.54) is 6.92 Å². The summed E-state index contributed by atoms with van der Waals surface area (Å²) in [7, 11) is 0. The van der Waals surface area contributed by atoms with Gasteiger partial charge in [-0.1, -0.05) is 14.9 Å². The molecule has 1 aliphatic rings. The minimum Gasteiger partial charge on any atom is -0.481 e. The lowest BCUT2D eigenvalue weighted by molar-refractivity contribution is -0.151. The van der Waals surface area contributed by atoms with Gasteiger partial charge in [-0.25, -0.2) is 0 Å². The van der Waals surface area contributed by atoms with E-state index < -0.39 is 24.3 Å². The topological polar surface area (TPSA) is 124 Å². The quantitative estimate of drug-likeness (QED) is 0.558. The summed E-state index contributed by atoms with van der Waals surface area (Å²) in [5, 5.41) is 34.5. The SMILES string of the molecule is C.C.C[C@@H](O)C[C@@H](O)CC(=O)O.O=C1C[C@H](O)CCO1. The van der Waals surface area contributed by atoms with Crippen molar-refractivity contribution in [2.75, 3.05) is 6.61 Å². The molecule has 7 nitrogen and oxygen atoms in total. The fourth-order valence-electron chi connectivity index (χ4n) is 1.34. The van der Waals surface area contributed by atoms with E-state index in [0.717, 1.165) is 0 Å². The molecular weight excluding hydrogens is 268 g/mol. The van der Waals surface area contributed by atoms with Crippen LogP contribution in [0.5, 0.6) is 0 Å². The first-order chi connectivity index (χ1) is 8.31. The van der Waals surface area contributed by atoms with Crippen molar-refractivity contribution in [3.05, 3.63) is 0 Å². The number of aliphatic carboxylic acids is 1. The van der Waals surface area contributed by atoms with E-state index in [1.54, 1.807) is 0 Å². The summed E-state index contributed by atoms with van der Waals surface area (Å²) in [5.74, 6) is -1.34. The molecule has 0 amide bonds. The number of carbonyl (C=O) groups is 2. The zero-order valence-electron chi connectivity index (χ0n) is 10.3. The van der Waals surface area contributed by atoms with Gasteiger partial charge >= 0.3 is 11.9 Å². The number of esters is 1. The molecular formula is C13H28O7. The minimum absolute atomic E-state index is 0. The van der Waals surface area contributed by atoms with E-state index in [0.29, 0.717) is 13.0 Å². The Kier molecular flexibility index (Phi) is 15.3. The second-order valence-corrected chi connectivity index (χ2v) is 4.20. The fourth-order valence-corrected chi connectivity index (χ4v) is 1.34. The smallest absolute Gasteiger partial charge is 0.308 e. The zero-order chi connectivity index (χ0) is 14.1. The third-order valence-electron chi connectivity index (χ3n) is 2.14. The van der Waals surface area contributed by atoms with Crippen LogP contribution in [-0.4, -0.2) is 57.3 Å². The Bertz CT molecular complexity index is 265.